The van der Waals surface area contributed by atoms with Crippen LogP contribution in [0, 0.1) is 0 Å². The number of nitrogens with zero attached hydrogens (tertiary/aromatic N) is 1. The van der Waals surface area contributed by atoms with E-state index < -0.39 is 16.9 Å². The average Bonchev–Trinajstić information content (AvgIpc) is 1.64. The highest BCUT2D eigenvalue weighted by atomic mass is 32.2. The maximum atomic E-state index is 9.78. The van der Waals surface area contributed by atoms with Crippen molar-refractivity contribution in [2.24, 2.45) is 11.6 Å². The number of carbonyl (C=O) groups excluding carboxylic acids is 1. The second kappa shape index (κ2) is 2.48. The summed E-state index contributed by atoms with van der Waals surface area (Å²) in [6.07, 6.45) is 0. The molecule has 0 bridgehead atoms. The Morgan fingerprint density at radius 1 is 1.50 bits per heavy atom. The fourth-order valence-corrected chi connectivity index (χ4v) is 0.241. The molecular formula is CH5N3O3S. The van der Waals surface area contributed by atoms with Crippen molar-refractivity contribution >= 4 is 16.9 Å². The van der Waals surface area contributed by atoms with E-state index in [-0.39, 0.29) is 4.41 Å². The molecule has 48 valence electrons. The van der Waals surface area contributed by atoms with E-state index in [0.29, 0.717) is 0 Å². The van der Waals surface area contributed by atoms with Crippen molar-refractivity contribution in [3.8, 4) is 0 Å². The first-order valence-electron chi connectivity index (χ1n) is 1.54. The number of hydrogen-bond donors (Lipinski definition) is 3. The van der Waals surface area contributed by atoms with Crippen molar-refractivity contribution < 1.29 is 13.2 Å². The standard InChI is InChI=1S/CH5N3O3S/c2-1(5)4(3)8(6)7/h8H,3H2,(H2,2,5). The van der Waals surface area contributed by atoms with E-state index in [1.165, 1.54) is 0 Å². The van der Waals surface area contributed by atoms with Crippen LogP contribution in [0.2, 0.25) is 0 Å². The minimum atomic E-state index is -3.06. The van der Waals surface area contributed by atoms with Crippen LogP contribution in [0.3, 0.4) is 0 Å². The number of nitrogens with two attached hydrogens (primary N) is 2. The topological polar surface area (TPSA) is 106 Å². The van der Waals surface area contributed by atoms with Gasteiger partial charge in [-0.25, -0.2) is 19.1 Å². The third-order valence-corrected chi connectivity index (χ3v) is 0.951. The molecule has 0 saturated carbocycles. The first-order valence-corrected chi connectivity index (χ1v) is 2.67. The molecule has 0 rings (SSSR count). The molecule has 0 aromatic heterocycles. The van der Waals surface area contributed by atoms with E-state index >= 15 is 0 Å². The van der Waals surface area contributed by atoms with E-state index in [4.69, 9.17) is 0 Å². The van der Waals surface area contributed by atoms with Gasteiger partial charge in [0, 0.05) is 0 Å². The van der Waals surface area contributed by atoms with Crippen LogP contribution >= 0.6 is 0 Å². The summed E-state index contributed by atoms with van der Waals surface area (Å²) in [6, 6.07) is -1.19. The van der Waals surface area contributed by atoms with Crippen molar-refractivity contribution in [2.45, 2.75) is 0 Å². The lowest BCUT2D eigenvalue weighted by atomic mass is 11.2. The van der Waals surface area contributed by atoms with Gasteiger partial charge in [0.15, 0.2) is 0 Å². The van der Waals surface area contributed by atoms with E-state index in [2.05, 4.69) is 11.6 Å². The Balaban J connectivity index is 4.04. The third-order valence-electron chi connectivity index (χ3n) is 0.402. The fraction of sp³-hybridized carbons (Fsp3) is 0. The molecule has 0 aliphatic carbocycles. The average molecular weight is 139 g/mol. The summed E-state index contributed by atoms with van der Waals surface area (Å²) in [5.41, 5.74) is 4.42. The van der Waals surface area contributed by atoms with Gasteiger partial charge in [-0.15, -0.1) is 0 Å². The minimum Gasteiger partial charge on any atom is -0.350 e. The van der Waals surface area contributed by atoms with Gasteiger partial charge in [0.05, 0.1) is 0 Å². The van der Waals surface area contributed by atoms with Crippen molar-refractivity contribution in [1.82, 2.24) is 4.41 Å². The van der Waals surface area contributed by atoms with Crippen LogP contribution in [0.25, 0.3) is 0 Å². The van der Waals surface area contributed by atoms with Gasteiger partial charge in [0.1, 0.15) is 0 Å². The summed E-state index contributed by atoms with van der Waals surface area (Å²) < 4.78 is 19.3. The minimum absolute atomic E-state index is 0.0741. The first kappa shape index (κ1) is 7.18. The predicted molar refractivity (Wildman–Crippen MR) is 25.9 cm³/mol. The highest BCUT2D eigenvalue weighted by Gasteiger charge is 2.02. The molecular weight excluding hydrogens is 134 g/mol. The molecule has 0 heterocycles. The second-order valence-electron chi connectivity index (χ2n) is 0.921. The van der Waals surface area contributed by atoms with Gasteiger partial charge in [-0.2, -0.15) is 4.41 Å². The zero-order chi connectivity index (χ0) is 6.73. The molecule has 6 nitrogen and oxygen atoms in total. The van der Waals surface area contributed by atoms with Crippen molar-refractivity contribution in [2.75, 3.05) is 0 Å². The maximum absolute atomic E-state index is 9.78. The molecule has 0 aliphatic heterocycles. The van der Waals surface area contributed by atoms with E-state index in [1.807, 2.05) is 0 Å². The zero-order valence-corrected chi connectivity index (χ0v) is 4.67. The van der Waals surface area contributed by atoms with Crippen molar-refractivity contribution in [3.05, 3.63) is 0 Å². The van der Waals surface area contributed by atoms with Gasteiger partial charge in [0.25, 0.3) is 0 Å². The Bertz CT molecular complexity index is 154. The molecule has 0 aromatic rings. The fourth-order valence-electron chi connectivity index (χ4n) is 0.0805. The summed E-state index contributed by atoms with van der Waals surface area (Å²) >= 11 is 0. The van der Waals surface area contributed by atoms with Gasteiger partial charge < -0.3 is 5.73 Å². The summed E-state index contributed by atoms with van der Waals surface area (Å²) in [6.45, 7) is 0. The smallest absolute Gasteiger partial charge is 0.343 e. The van der Waals surface area contributed by atoms with Crippen molar-refractivity contribution in [3.63, 3.8) is 0 Å². The van der Waals surface area contributed by atoms with Gasteiger partial charge in [-0.1, -0.05) is 0 Å². The monoisotopic (exact) mass is 139 g/mol. The Morgan fingerprint density at radius 3 is 1.88 bits per heavy atom. The zero-order valence-electron chi connectivity index (χ0n) is 3.77. The molecule has 0 spiro atoms. The van der Waals surface area contributed by atoms with E-state index in [9.17, 15) is 13.2 Å². The number of primary amides is 1. The van der Waals surface area contributed by atoms with Crippen LogP contribution in [0.15, 0.2) is 0 Å². The number of rotatable bonds is 1. The van der Waals surface area contributed by atoms with Crippen LogP contribution in [0.4, 0.5) is 4.79 Å². The lowest BCUT2D eigenvalue weighted by Crippen LogP contribution is -2.39. The molecule has 0 saturated heterocycles. The molecule has 4 N–H and O–H groups in total. The summed E-state index contributed by atoms with van der Waals surface area (Å²) in [5.74, 6) is 4.52. The Morgan fingerprint density at radius 2 is 1.88 bits per heavy atom. The molecule has 0 aromatic carbocycles. The summed E-state index contributed by atoms with van der Waals surface area (Å²) in [7, 11) is -3.06. The van der Waals surface area contributed by atoms with E-state index in [1.54, 1.807) is 0 Å². The van der Waals surface area contributed by atoms with Crippen LogP contribution in [0.5, 0.6) is 0 Å². The Kier molecular flexibility index (Phi) is 2.22. The molecule has 0 aliphatic rings. The lowest BCUT2D eigenvalue weighted by Gasteiger charge is -2.00. The quantitative estimate of drug-likeness (QED) is 0.165. The summed E-state index contributed by atoms with van der Waals surface area (Å²) in [5, 5.41) is 0. The number of hydrazine groups is 1. The Labute approximate surface area is 47.1 Å². The first-order chi connectivity index (χ1) is 3.55. The van der Waals surface area contributed by atoms with Gasteiger partial charge in [0.2, 0.25) is 10.9 Å². The van der Waals surface area contributed by atoms with Crippen LogP contribution < -0.4 is 11.6 Å². The molecule has 0 atom stereocenters. The third kappa shape index (κ3) is 1.76. The van der Waals surface area contributed by atoms with Crippen molar-refractivity contribution in [1.29, 1.82) is 0 Å². The normalized spacial score (nSPS) is 9.25. The summed E-state index contributed by atoms with van der Waals surface area (Å²) in [4.78, 5) is 9.78. The highest BCUT2D eigenvalue weighted by Crippen LogP contribution is 1.71. The van der Waals surface area contributed by atoms with Gasteiger partial charge >= 0.3 is 6.03 Å². The number of urea groups is 1. The van der Waals surface area contributed by atoms with Gasteiger partial charge in [-0.05, 0) is 0 Å². The number of hydrogen-bond acceptors (Lipinski definition) is 4. The molecule has 2 amide bonds. The molecule has 7 heteroatoms. The molecule has 0 fully saturated rings. The highest BCUT2D eigenvalue weighted by molar-refractivity contribution is 7.70. The largest absolute Gasteiger partial charge is 0.350 e. The van der Waals surface area contributed by atoms with Gasteiger partial charge in [-0.3, -0.25) is 0 Å². The Hall–Kier alpha value is -0.820. The molecule has 8 heavy (non-hydrogen) atoms. The van der Waals surface area contributed by atoms with Crippen LogP contribution in [0.1, 0.15) is 0 Å². The van der Waals surface area contributed by atoms with Crippen LogP contribution in [-0.4, -0.2) is 18.9 Å². The number of carbonyl (C=O) groups is 1. The SMILES string of the molecule is NC(=O)N(N)[SH](=O)=O. The van der Waals surface area contributed by atoms with Crippen LogP contribution in [-0.2, 0) is 10.9 Å². The second-order valence-corrected chi connectivity index (χ2v) is 1.83. The predicted octanol–water partition coefficient (Wildman–Crippen LogP) is -2.23. The molecule has 0 radical (unpaired) electrons. The number of thiol groups is 1. The lowest BCUT2D eigenvalue weighted by molar-refractivity contribution is 0.233. The molecule has 0 unspecified atom stereocenters. The van der Waals surface area contributed by atoms with E-state index in [0.717, 1.165) is 0 Å². The maximum Gasteiger partial charge on any atom is 0.343 e. The number of amides is 2.